The molecule has 0 spiro atoms. The first-order valence-corrected chi connectivity index (χ1v) is 9.69. The van der Waals surface area contributed by atoms with Crippen LogP contribution in [0.25, 0.3) is 0 Å². The maximum atomic E-state index is 12.4. The van der Waals surface area contributed by atoms with Crippen molar-refractivity contribution in [2.24, 2.45) is 5.92 Å². The van der Waals surface area contributed by atoms with Crippen LogP contribution in [0.3, 0.4) is 0 Å². The first-order valence-electron chi connectivity index (χ1n) is 8.81. The lowest BCUT2D eigenvalue weighted by atomic mass is 10.1. The van der Waals surface area contributed by atoms with Gasteiger partial charge < -0.3 is 14.4 Å². The molecule has 5 nitrogen and oxygen atoms in total. The molecule has 0 aliphatic rings. The zero-order valence-electron chi connectivity index (χ0n) is 16.2. The molecule has 0 saturated carbocycles. The number of aromatic nitrogens is 1. The van der Waals surface area contributed by atoms with Crippen LogP contribution in [0.1, 0.15) is 35.7 Å². The third-order valence-electron chi connectivity index (χ3n) is 4.16. The van der Waals surface area contributed by atoms with E-state index in [1.54, 1.807) is 23.3 Å². The van der Waals surface area contributed by atoms with Crippen LogP contribution < -0.4 is 4.74 Å². The molecule has 1 amide bonds. The Balaban J connectivity index is 1.96. The van der Waals surface area contributed by atoms with E-state index in [9.17, 15) is 4.79 Å². The molecular weight excluding hydrogens is 348 g/mol. The lowest BCUT2D eigenvalue weighted by Crippen LogP contribution is -2.36. The average Bonchev–Trinajstić information content (AvgIpc) is 3.06. The molecule has 0 fully saturated rings. The van der Waals surface area contributed by atoms with Crippen molar-refractivity contribution >= 4 is 17.2 Å². The van der Waals surface area contributed by atoms with Crippen LogP contribution in [0.5, 0.6) is 5.75 Å². The molecule has 0 unspecified atom stereocenters. The summed E-state index contributed by atoms with van der Waals surface area (Å²) in [5.41, 5.74) is 3.35. The average molecular weight is 377 g/mol. The van der Waals surface area contributed by atoms with Gasteiger partial charge in [0.1, 0.15) is 17.4 Å². The summed E-state index contributed by atoms with van der Waals surface area (Å²) in [6.45, 7) is 10.00. The van der Waals surface area contributed by atoms with Crippen LogP contribution in [0, 0.1) is 19.8 Å². The monoisotopic (exact) mass is 376 g/mol. The number of rotatable bonds is 9. The van der Waals surface area contributed by atoms with Crippen LogP contribution in [0.15, 0.2) is 23.6 Å². The molecule has 0 aliphatic carbocycles. The zero-order valence-corrected chi connectivity index (χ0v) is 17.1. The van der Waals surface area contributed by atoms with E-state index in [1.165, 1.54) is 11.1 Å². The topological polar surface area (TPSA) is 51.7 Å². The number of benzene rings is 1. The van der Waals surface area contributed by atoms with Crippen LogP contribution in [0.2, 0.25) is 0 Å². The van der Waals surface area contributed by atoms with Crippen molar-refractivity contribution in [2.75, 3.05) is 20.3 Å². The summed E-state index contributed by atoms with van der Waals surface area (Å²) in [4.78, 5) is 18.8. The van der Waals surface area contributed by atoms with Gasteiger partial charge in [0.25, 0.3) is 0 Å². The predicted octanol–water partition coefficient (Wildman–Crippen LogP) is 3.97. The van der Waals surface area contributed by atoms with Gasteiger partial charge in [0.15, 0.2) is 0 Å². The second kappa shape index (κ2) is 9.69. The van der Waals surface area contributed by atoms with Crippen molar-refractivity contribution in [2.45, 2.75) is 40.8 Å². The van der Waals surface area contributed by atoms with Gasteiger partial charge in [0.2, 0.25) is 5.91 Å². The van der Waals surface area contributed by atoms with E-state index < -0.39 is 0 Å². The number of carbonyl (C=O) groups is 1. The Bertz CT molecular complexity index is 728. The number of amides is 1. The first-order chi connectivity index (χ1) is 12.4. The smallest absolute Gasteiger partial charge is 0.225 e. The van der Waals surface area contributed by atoms with Crippen molar-refractivity contribution in [1.29, 1.82) is 0 Å². The van der Waals surface area contributed by atoms with Gasteiger partial charge in [0, 0.05) is 25.0 Å². The normalized spacial score (nSPS) is 11.0. The molecule has 0 bridgehead atoms. The minimum Gasteiger partial charge on any atom is -0.486 e. The number of aryl methyl sites for hydroxylation is 2. The van der Waals surface area contributed by atoms with E-state index in [-0.39, 0.29) is 11.8 Å². The van der Waals surface area contributed by atoms with E-state index in [4.69, 9.17) is 9.47 Å². The Hall–Kier alpha value is -1.92. The largest absolute Gasteiger partial charge is 0.486 e. The quantitative estimate of drug-likeness (QED) is 0.664. The molecule has 0 saturated heterocycles. The molecule has 1 aromatic heterocycles. The Kier molecular flexibility index (Phi) is 7.60. The van der Waals surface area contributed by atoms with Crippen LogP contribution >= 0.6 is 11.3 Å². The fourth-order valence-corrected chi connectivity index (χ4v) is 3.16. The highest BCUT2D eigenvalue weighted by Gasteiger charge is 2.18. The van der Waals surface area contributed by atoms with Crippen molar-refractivity contribution < 1.29 is 14.3 Å². The number of ether oxygens (including phenoxy) is 2. The van der Waals surface area contributed by atoms with Gasteiger partial charge >= 0.3 is 0 Å². The maximum Gasteiger partial charge on any atom is 0.225 e. The standard InChI is InChI=1S/C20H28N2O3S/c1-14(2)20(23)22(8-9-24-5)11-17-13-26-19(21-17)12-25-18-7-6-15(3)16(4)10-18/h6-7,10,13-14H,8-9,11-12H2,1-5H3. The summed E-state index contributed by atoms with van der Waals surface area (Å²) in [6, 6.07) is 6.07. The molecular formula is C20H28N2O3S. The van der Waals surface area contributed by atoms with Crippen LogP contribution in [-0.4, -0.2) is 36.1 Å². The van der Waals surface area contributed by atoms with Gasteiger partial charge in [-0.25, -0.2) is 4.98 Å². The van der Waals surface area contributed by atoms with Crippen molar-refractivity contribution in [3.8, 4) is 5.75 Å². The van der Waals surface area contributed by atoms with Gasteiger partial charge in [-0.1, -0.05) is 19.9 Å². The van der Waals surface area contributed by atoms with E-state index in [0.29, 0.717) is 26.3 Å². The molecule has 0 radical (unpaired) electrons. The molecule has 26 heavy (non-hydrogen) atoms. The number of methoxy groups -OCH3 is 1. The summed E-state index contributed by atoms with van der Waals surface area (Å²) in [6.07, 6.45) is 0. The molecule has 2 rings (SSSR count). The van der Waals surface area contributed by atoms with Gasteiger partial charge in [-0.3, -0.25) is 4.79 Å². The summed E-state index contributed by atoms with van der Waals surface area (Å²) in [5, 5.41) is 2.90. The summed E-state index contributed by atoms with van der Waals surface area (Å²) >= 11 is 1.56. The van der Waals surface area contributed by atoms with Gasteiger partial charge in [-0.05, 0) is 37.1 Å². The molecule has 1 heterocycles. The van der Waals surface area contributed by atoms with E-state index in [0.717, 1.165) is 16.5 Å². The van der Waals surface area contributed by atoms with E-state index in [1.807, 2.05) is 31.4 Å². The lowest BCUT2D eigenvalue weighted by molar-refractivity contribution is -0.135. The first kappa shape index (κ1) is 20.4. The van der Waals surface area contributed by atoms with Crippen molar-refractivity contribution in [3.63, 3.8) is 0 Å². The SMILES string of the molecule is COCCN(Cc1csc(COc2ccc(C)c(C)c2)n1)C(=O)C(C)C. The minimum atomic E-state index is -0.0435. The predicted molar refractivity (Wildman–Crippen MR) is 104 cm³/mol. The van der Waals surface area contributed by atoms with Crippen LogP contribution in [-0.2, 0) is 22.7 Å². The zero-order chi connectivity index (χ0) is 19.1. The maximum absolute atomic E-state index is 12.4. The Morgan fingerprint density at radius 3 is 2.69 bits per heavy atom. The molecule has 6 heteroatoms. The Morgan fingerprint density at radius 2 is 2.04 bits per heavy atom. The van der Waals surface area contributed by atoms with Gasteiger partial charge in [-0.2, -0.15) is 0 Å². The molecule has 0 N–H and O–H groups in total. The summed E-state index contributed by atoms with van der Waals surface area (Å²) in [7, 11) is 1.64. The van der Waals surface area contributed by atoms with Gasteiger partial charge in [0.05, 0.1) is 18.8 Å². The molecule has 2 aromatic rings. The second-order valence-corrected chi connectivity index (χ2v) is 7.62. The van der Waals surface area contributed by atoms with Crippen molar-refractivity contribution in [1.82, 2.24) is 9.88 Å². The highest BCUT2D eigenvalue weighted by molar-refractivity contribution is 7.09. The minimum absolute atomic E-state index is 0.0435. The molecule has 142 valence electrons. The van der Waals surface area contributed by atoms with E-state index in [2.05, 4.69) is 24.9 Å². The second-order valence-electron chi connectivity index (χ2n) is 6.67. The Labute approximate surface area is 160 Å². The number of carbonyl (C=O) groups excluding carboxylic acids is 1. The summed E-state index contributed by atoms with van der Waals surface area (Å²) < 4.78 is 11.0. The lowest BCUT2D eigenvalue weighted by Gasteiger charge is -2.23. The number of nitrogens with zero attached hydrogens (tertiary/aromatic N) is 2. The Morgan fingerprint density at radius 1 is 1.27 bits per heavy atom. The molecule has 0 atom stereocenters. The number of hydrogen-bond acceptors (Lipinski definition) is 5. The summed E-state index contributed by atoms with van der Waals surface area (Å²) in [5.74, 6) is 0.919. The third kappa shape index (κ3) is 5.81. The van der Waals surface area contributed by atoms with E-state index >= 15 is 0 Å². The third-order valence-corrected chi connectivity index (χ3v) is 5.03. The highest BCUT2D eigenvalue weighted by atomic mass is 32.1. The number of hydrogen-bond donors (Lipinski definition) is 0. The molecule has 1 aromatic carbocycles. The highest BCUT2D eigenvalue weighted by Crippen LogP contribution is 2.19. The number of thiazole rings is 1. The fraction of sp³-hybridized carbons (Fsp3) is 0.500. The van der Waals surface area contributed by atoms with Crippen LogP contribution in [0.4, 0.5) is 0 Å². The fourth-order valence-electron chi connectivity index (χ4n) is 2.47. The molecule has 0 aliphatic heterocycles. The van der Waals surface area contributed by atoms with Crippen molar-refractivity contribution in [3.05, 3.63) is 45.4 Å². The van der Waals surface area contributed by atoms with Gasteiger partial charge in [-0.15, -0.1) is 11.3 Å².